The summed E-state index contributed by atoms with van der Waals surface area (Å²) >= 11 is 0. The molecular formula is C11H17N3O. The lowest BCUT2D eigenvalue weighted by Crippen LogP contribution is -2.29. The molecule has 82 valence electrons. The van der Waals surface area contributed by atoms with E-state index in [1.54, 1.807) is 0 Å². The van der Waals surface area contributed by atoms with Crippen LogP contribution in [0.5, 0.6) is 0 Å². The SMILES string of the molecule is CC1(C)CCc2c(CN)nc(=O)[nH]c2C1. The van der Waals surface area contributed by atoms with Gasteiger partial charge in [0.2, 0.25) is 0 Å². The van der Waals surface area contributed by atoms with Crippen molar-refractivity contribution < 1.29 is 0 Å². The van der Waals surface area contributed by atoms with Gasteiger partial charge in [-0.3, -0.25) is 0 Å². The largest absolute Gasteiger partial charge is 0.345 e. The number of rotatable bonds is 1. The van der Waals surface area contributed by atoms with E-state index in [1.165, 1.54) is 0 Å². The van der Waals surface area contributed by atoms with Gasteiger partial charge in [0.25, 0.3) is 0 Å². The van der Waals surface area contributed by atoms with Gasteiger partial charge >= 0.3 is 5.69 Å². The number of fused-ring (bicyclic) bond motifs is 1. The van der Waals surface area contributed by atoms with Gasteiger partial charge in [-0.05, 0) is 30.2 Å². The van der Waals surface area contributed by atoms with E-state index in [2.05, 4.69) is 23.8 Å². The Bertz CT molecular complexity index is 434. The Morgan fingerprint density at radius 2 is 2.27 bits per heavy atom. The molecule has 0 saturated carbocycles. The molecule has 2 rings (SSSR count). The summed E-state index contributed by atoms with van der Waals surface area (Å²) < 4.78 is 0. The maximum absolute atomic E-state index is 11.3. The quantitative estimate of drug-likeness (QED) is 0.713. The Morgan fingerprint density at radius 1 is 1.53 bits per heavy atom. The summed E-state index contributed by atoms with van der Waals surface area (Å²) in [5.74, 6) is 0. The topological polar surface area (TPSA) is 71.8 Å². The van der Waals surface area contributed by atoms with E-state index in [9.17, 15) is 4.79 Å². The number of hydrogen-bond acceptors (Lipinski definition) is 3. The molecule has 15 heavy (non-hydrogen) atoms. The Kier molecular flexibility index (Phi) is 2.38. The molecule has 0 atom stereocenters. The lowest BCUT2D eigenvalue weighted by atomic mass is 9.76. The average Bonchev–Trinajstić information content (AvgIpc) is 2.14. The standard InChI is InChI=1S/C11H17N3O/c1-11(2)4-3-7-8(5-11)13-10(15)14-9(7)6-12/h3-6,12H2,1-2H3,(H,13,14,15). The second kappa shape index (κ2) is 3.45. The number of hydrogen-bond donors (Lipinski definition) is 2. The molecule has 1 heterocycles. The summed E-state index contributed by atoms with van der Waals surface area (Å²) in [5, 5.41) is 0. The molecule has 1 aromatic heterocycles. The van der Waals surface area contributed by atoms with Gasteiger partial charge in [0.1, 0.15) is 0 Å². The maximum Gasteiger partial charge on any atom is 0.345 e. The first kappa shape index (κ1) is 10.4. The minimum atomic E-state index is -0.271. The van der Waals surface area contributed by atoms with E-state index in [-0.39, 0.29) is 11.1 Å². The molecule has 0 spiro atoms. The van der Waals surface area contributed by atoms with Crippen LogP contribution in [0.2, 0.25) is 0 Å². The third kappa shape index (κ3) is 1.95. The zero-order valence-corrected chi connectivity index (χ0v) is 9.26. The van der Waals surface area contributed by atoms with Crippen molar-refractivity contribution in [3.63, 3.8) is 0 Å². The van der Waals surface area contributed by atoms with Crippen LogP contribution in [0, 0.1) is 5.41 Å². The number of nitrogens with zero attached hydrogens (tertiary/aromatic N) is 1. The van der Waals surface area contributed by atoms with Crippen LogP contribution in [-0.4, -0.2) is 9.97 Å². The number of aromatic amines is 1. The number of nitrogens with one attached hydrogen (secondary N) is 1. The summed E-state index contributed by atoms with van der Waals surface area (Å²) in [6, 6.07) is 0. The van der Waals surface area contributed by atoms with Gasteiger partial charge < -0.3 is 10.7 Å². The van der Waals surface area contributed by atoms with Crippen molar-refractivity contribution in [2.24, 2.45) is 11.1 Å². The van der Waals surface area contributed by atoms with Gasteiger partial charge in [0.15, 0.2) is 0 Å². The first-order valence-electron chi connectivity index (χ1n) is 5.33. The van der Waals surface area contributed by atoms with Crippen LogP contribution in [0.1, 0.15) is 37.2 Å². The third-order valence-electron chi connectivity index (χ3n) is 3.11. The van der Waals surface area contributed by atoms with E-state index in [0.29, 0.717) is 6.54 Å². The second-order valence-corrected chi connectivity index (χ2v) is 4.99. The van der Waals surface area contributed by atoms with Gasteiger partial charge in [-0.2, -0.15) is 4.98 Å². The smallest absolute Gasteiger partial charge is 0.325 e. The van der Waals surface area contributed by atoms with E-state index in [4.69, 9.17) is 5.73 Å². The minimum absolute atomic E-state index is 0.267. The normalized spacial score (nSPS) is 18.6. The predicted molar refractivity (Wildman–Crippen MR) is 58.6 cm³/mol. The highest BCUT2D eigenvalue weighted by atomic mass is 16.1. The van der Waals surface area contributed by atoms with Gasteiger partial charge in [0.05, 0.1) is 5.69 Å². The Balaban J connectivity index is 2.51. The monoisotopic (exact) mass is 207 g/mol. The predicted octanol–water partition coefficient (Wildman–Crippen LogP) is 0.744. The third-order valence-corrected chi connectivity index (χ3v) is 3.11. The van der Waals surface area contributed by atoms with Crippen LogP contribution in [0.3, 0.4) is 0 Å². The van der Waals surface area contributed by atoms with Crippen molar-refractivity contribution in [1.82, 2.24) is 9.97 Å². The Hall–Kier alpha value is -1.16. The van der Waals surface area contributed by atoms with Crippen molar-refractivity contribution in [3.05, 3.63) is 27.4 Å². The highest BCUT2D eigenvalue weighted by molar-refractivity contribution is 5.28. The first-order chi connectivity index (χ1) is 7.02. The summed E-state index contributed by atoms with van der Waals surface area (Å²) in [4.78, 5) is 18.1. The molecule has 3 N–H and O–H groups in total. The summed E-state index contributed by atoms with van der Waals surface area (Å²) in [6.07, 6.45) is 3.01. The molecule has 0 fully saturated rings. The van der Waals surface area contributed by atoms with E-state index >= 15 is 0 Å². The number of H-pyrrole nitrogens is 1. The molecule has 0 aliphatic heterocycles. The molecule has 0 amide bonds. The lowest BCUT2D eigenvalue weighted by Gasteiger charge is -2.31. The van der Waals surface area contributed by atoms with E-state index in [0.717, 1.165) is 36.2 Å². The fourth-order valence-electron chi connectivity index (χ4n) is 2.24. The fraction of sp³-hybridized carbons (Fsp3) is 0.636. The Labute approximate surface area is 88.9 Å². The van der Waals surface area contributed by atoms with Gasteiger partial charge in [-0.25, -0.2) is 4.79 Å². The molecule has 0 bridgehead atoms. The zero-order valence-electron chi connectivity index (χ0n) is 9.26. The van der Waals surface area contributed by atoms with Gasteiger partial charge in [-0.1, -0.05) is 13.8 Å². The minimum Gasteiger partial charge on any atom is -0.325 e. The molecule has 1 aromatic rings. The van der Waals surface area contributed by atoms with Crippen LogP contribution >= 0.6 is 0 Å². The molecule has 1 aliphatic rings. The van der Waals surface area contributed by atoms with Crippen LogP contribution < -0.4 is 11.4 Å². The van der Waals surface area contributed by atoms with Crippen molar-refractivity contribution in [2.45, 2.75) is 39.7 Å². The fourth-order valence-corrected chi connectivity index (χ4v) is 2.24. The molecule has 4 nitrogen and oxygen atoms in total. The highest BCUT2D eigenvalue weighted by Gasteiger charge is 2.27. The van der Waals surface area contributed by atoms with Crippen molar-refractivity contribution >= 4 is 0 Å². The van der Waals surface area contributed by atoms with Crippen molar-refractivity contribution in [1.29, 1.82) is 0 Å². The highest BCUT2D eigenvalue weighted by Crippen LogP contribution is 2.33. The van der Waals surface area contributed by atoms with E-state index in [1.807, 2.05) is 0 Å². The summed E-state index contributed by atoms with van der Waals surface area (Å²) in [6.45, 7) is 4.79. The first-order valence-corrected chi connectivity index (χ1v) is 5.33. The van der Waals surface area contributed by atoms with Crippen molar-refractivity contribution in [2.75, 3.05) is 0 Å². The number of nitrogens with two attached hydrogens (primary N) is 1. The number of aromatic nitrogens is 2. The summed E-state index contributed by atoms with van der Waals surface area (Å²) in [5.41, 5.74) is 8.56. The molecule has 0 aromatic carbocycles. The van der Waals surface area contributed by atoms with Gasteiger partial charge in [-0.15, -0.1) is 0 Å². The molecule has 0 saturated heterocycles. The molecule has 0 radical (unpaired) electrons. The Morgan fingerprint density at radius 3 is 2.93 bits per heavy atom. The average molecular weight is 207 g/mol. The maximum atomic E-state index is 11.3. The van der Waals surface area contributed by atoms with E-state index < -0.39 is 0 Å². The molecule has 1 aliphatic carbocycles. The van der Waals surface area contributed by atoms with Gasteiger partial charge in [0, 0.05) is 12.2 Å². The molecule has 4 heteroatoms. The van der Waals surface area contributed by atoms with Crippen LogP contribution in [0.25, 0.3) is 0 Å². The van der Waals surface area contributed by atoms with Crippen LogP contribution in [-0.2, 0) is 19.4 Å². The molecule has 0 unspecified atom stereocenters. The van der Waals surface area contributed by atoms with Crippen LogP contribution in [0.15, 0.2) is 4.79 Å². The molecular weight excluding hydrogens is 190 g/mol. The zero-order chi connectivity index (χ0) is 11.1. The lowest BCUT2D eigenvalue weighted by molar-refractivity contribution is 0.308. The van der Waals surface area contributed by atoms with Crippen LogP contribution in [0.4, 0.5) is 0 Å². The van der Waals surface area contributed by atoms with Crippen molar-refractivity contribution in [3.8, 4) is 0 Å². The second-order valence-electron chi connectivity index (χ2n) is 4.99. The summed E-state index contributed by atoms with van der Waals surface area (Å²) in [7, 11) is 0.